The van der Waals surface area contributed by atoms with Gasteiger partial charge in [-0.2, -0.15) is 0 Å². The average molecular weight is 493 g/mol. The molecule has 1 saturated heterocycles. The van der Waals surface area contributed by atoms with Crippen LogP contribution in [0.1, 0.15) is 10.5 Å². The van der Waals surface area contributed by atoms with Gasteiger partial charge in [0, 0.05) is 55.6 Å². The van der Waals surface area contributed by atoms with Crippen molar-refractivity contribution in [1.82, 2.24) is 19.9 Å². The van der Waals surface area contributed by atoms with E-state index < -0.39 is 15.7 Å². The largest absolute Gasteiger partial charge is 0.494 e. The maximum Gasteiger partial charge on any atom is 0.274 e. The van der Waals surface area contributed by atoms with Crippen LogP contribution in [0.3, 0.4) is 0 Å². The van der Waals surface area contributed by atoms with Crippen LogP contribution >= 0.6 is 0 Å². The predicted molar refractivity (Wildman–Crippen MR) is 133 cm³/mol. The second-order valence-corrected chi connectivity index (χ2v) is 10.3. The smallest absolute Gasteiger partial charge is 0.274 e. The predicted octanol–water partition coefficient (Wildman–Crippen LogP) is 2.19. The molecule has 0 bridgehead atoms. The summed E-state index contributed by atoms with van der Waals surface area (Å²) >= 11 is 0. The van der Waals surface area contributed by atoms with Crippen LogP contribution in [0, 0.1) is 0 Å². The van der Waals surface area contributed by atoms with Gasteiger partial charge >= 0.3 is 0 Å². The van der Waals surface area contributed by atoms with Crippen molar-refractivity contribution in [3.8, 4) is 11.7 Å². The number of hydrogen-bond donors (Lipinski definition) is 3. The van der Waals surface area contributed by atoms with Gasteiger partial charge in [0.25, 0.3) is 5.91 Å². The molecule has 0 spiro atoms. The van der Waals surface area contributed by atoms with E-state index in [9.17, 15) is 18.3 Å². The molecule has 5 rings (SSSR count). The first-order valence-electron chi connectivity index (χ1n) is 11.0. The molecule has 4 heterocycles. The Morgan fingerprint density at radius 1 is 1.14 bits per heavy atom. The Labute approximate surface area is 202 Å². The molecule has 0 atom stereocenters. The van der Waals surface area contributed by atoms with E-state index in [4.69, 9.17) is 0 Å². The van der Waals surface area contributed by atoms with Gasteiger partial charge in [0.2, 0.25) is 5.88 Å². The number of nitrogens with one attached hydrogen (secondary N) is 2. The zero-order valence-corrected chi connectivity index (χ0v) is 19.8. The number of piperazine rings is 1. The summed E-state index contributed by atoms with van der Waals surface area (Å²) in [5, 5.41) is 18.0. The van der Waals surface area contributed by atoms with Crippen molar-refractivity contribution in [3.63, 3.8) is 0 Å². The number of aromatic hydroxyl groups is 1. The molecule has 1 aromatic carbocycles. The van der Waals surface area contributed by atoms with Crippen LogP contribution in [0.2, 0.25) is 0 Å². The van der Waals surface area contributed by atoms with Crippen molar-refractivity contribution in [2.75, 3.05) is 42.7 Å². The number of hydrogen-bond acceptors (Lipinski definition) is 8. The quantitative estimate of drug-likeness (QED) is 0.387. The van der Waals surface area contributed by atoms with Gasteiger partial charge in [0.15, 0.2) is 9.84 Å². The molecule has 10 nitrogen and oxygen atoms in total. The molecule has 3 N–H and O–H groups in total. The molecule has 1 aliphatic heterocycles. The molecule has 1 amide bonds. The topological polar surface area (TPSA) is 129 Å². The van der Waals surface area contributed by atoms with E-state index >= 15 is 0 Å². The van der Waals surface area contributed by atoms with Crippen LogP contribution in [-0.2, 0) is 9.84 Å². The summed E-state index contributed by atoms with van der Waals surface area (Å²) < 4.78 is 25.2. The van der Waals surface area contributed by atoms with E-state index in [-0.39, 0.29) is 16.5 Å². The zero-order chi connectivity index (χ0) is 24.6. The van der Waals surface area contributed by atoms with E-state index in [1.807, 2.05) is 6.07 Å². The van der Waals surface area contributed by atoms with E-state index in [2.05, 4.69) is 25.5 Å². The lowest BCUT2D eigenvalue weighted by Crippen LogP contribution is -2.43. The molecule has 3 aromatic heterocycles. The maximum absolute atomic E-state index is 13.1. The standard InChI is InChI=1S/C24H24N6O4S/c1-35(33,34)17-6-5-16-15-30(24(32)18(16)13-17)22-4-2-3-19(27-22)23(31)28-20-14-26-8-7-21(20)29-11-9-25-10-12-29/h2-8,13-15,25,32H,9-12H2,1H3,(H,28,31). The molecular weight excluding hydrogens is 468 g/mol. The highest BCUT2D eigenvalue weighted by Crippen LogP contribution is 2.31. The van der Waals surface area contributed by atoms with Crippen molar-refractivity contribution < 1.29 is 18.3 Å². The first-order chi connectivity index (χ1) is 16.8. The third-order valence-electron chi connectivity index (χ3n) is 5.91. The molecule has 0 saturated carbocycles. The summed E-state index contributed by atoms with van der Waals surface area (Å²) in [6.45, 7) is 3.36. The Morgan fingerprint density at radius 2 is 1.94 bits per heavy atom. The third kappa shape index (κ3) is 4.55. The maximum atomic E-state index is 13.1. The second kappa shape index (κ2) is 9.01. The third-order valence-corrected chi connectivity index (χ3v) is 7.02. The first-order valence-corrected chi connectivity index (χ1v) is 12.9. The van der Waals surface area contributed by atoms with Crippen molar-refractivity contribution in [1.29, 1.82) is 0 Å². The number of anilines is 2. The summed E-state index contributed by atoms with van der Waals surface area (Å²) in [4.78, 5) is 24.0. The summed E-state index contributed by atoms with van der Waals surface area (Å²) in [6.07, 6.45) is 6.07. The molecule has 180 valence electrons. The minimum absolute atomic E-state index is 0.107. The van der Waals surface area contributed by atoms with Crippen LogP contribution < -0.4 is 15.5 Å². The van der Waals surface area contributed by atoms with E-state index in [0.717, 1.165) is 38.1 Å². The number of fused-ring (bicyclic) bond motifs is 1. The summed E-state index contributed by atoms with van der Waals surface area (Å²) in [6, 6.07) is 11.3. The minimum atomic E-state index is -3.43. The van der Waals surface area contributed by atoms with Gasteiger partial charge in [0.1, 0.15) is 11.5 Å². The monoisotopic (exact) mass is 492 g/mol. The molecule has 11 heteroatoms. The fourth-order valence-corrected chi connectivity index (χ4v) is 4.76. The summed E-state index contributed by atoms with van der Waals surface area (Å²) in [5.41, 5.74) is 1.64. The second-order valence-electron chi connectivity index (χ2n) is 8.31. The molecule has 0 radical (unpaired) electrons. The fraction of sp³-hybridized carbons (Fsp3) is 0.208. The van der Waals surface area contributed by atoms with Gasteiger partial charge in [0.05, 0.1) is 22.5 Å². The van der Waals surface area contributed by atoms with Gasteiger partial charge in [-0.15, -0.1) is 0 Å². The Hall–Kier alpha value is -3.96. The SMILES string of the molecule is CS(=O)(=O)c1ccc2cn(-c3cccc(C(=O)Nc4cnccc4N4CCNCC4)n3)c(O)c2c1. The van der Waals surface area contributed by atoms with Crippen LogP contribution in [0.15, 0.2) is 66.0 Å². The highest BCUT2D eigenvalue weighted by atomic mass is 32.2. The highest BCUT2D eigenvalue weighted by molar-refractivity contribution is 7.90. The number of carbonyl (C=O) groups excluding carboxylic acids is 1. The molecular formula is C24H24N6O4S. The number of amides is 1. The van der Waals surface area contributed by atoms with Gasteiger partial charge < -0.3 is 20.6 Å². The van der Waals surface area contributed by atoms with E-state index in [1.165, 1.54) is 16.7 Å². The number of nitrogens with zero attached hydrogens (tertiary/aromatic N) is 4. The van der Waals surface area contributed by atoms with Gasteiger partial charge in [-0.25, -0.2) is 13.4 Å². The van der Waals surface area contributed by atoms with Gasteiger partial charge in [-0.05, 0) is 30.3 Å². The Morgan fingerprint density at radius 3 is 2.71 bits per heavy atom. The molecule has 0 unspecified atom stereocenters. The van der Waals surface area contributed by atoms with E-state index in [0.29, 0.717) is 22.3 Å². The number of sulfone groups is 1. The Balaban J connectivity index is 1.45. The lowest BCUT2D eigenvalue weighted by Gasteiger charge is -2.30. The zero-order valence-electron chi connectivity index (χ0n) is 19.0. The van der Waals surface area contributed by atoms with Crippen LogP contribution in [0.25, 0.3) is 16.6 Å². The van der Waals surface area contributed by atoms with Crippen LogP contribution in [-0.4, -0.2) is 66.4 Å². The van der Waals surface area contributed by atoms with Crippen molar-refractivity contribution >= 4 is 37.9 Å². The minimum Gasteiger partial charge on any atom is -0.494 e. The van der Waals surface area contributed by atoms with Crippen LogP contribution in [0.5, 0.6) is 5.88 Å². The summed E-state index contributed by atoms with van der Waals surface area (Å²) in [7, 11) is -3.43. The van der Waals surface area contributed by atoms with Crippen LogP contribution in [0.4, 0.5) is 11.4 Å². The average Bonchev–Trinajstić information content (AvgIpc) is 3.20. The number of rotatable bonds is 5. The number of carbonyl (C=O) groups is 1. The lowest BCUT2D eigenvalue weighted by molar-refractivity contribution is 0.102. The highest BCUT2D eigenvalue weighted by Gasteiger charge is 2.19. The van der Waals surface area contributed by atoms with Gasteiger partial charge in [-0.3, -0.25) is 14.3 Å². The molecule has 1 fully saturated rings. The normalized spacial score (nSPS) is 14.3. The first kappa shape index (κ1) is 22.8. The number of benzene rings is 1. The molecule has 4 aromatic rings. The Bertz CT molecular complexity index is 1530. The lowest BCUT2D eigenvalue weighted by atomic mass is 10.2. The number of aromatic nitrogens is 3. The van der Waals surface area contributed by atoms with Crippen molar-refractivity contribution in [2.24, 2.45) is 0 Å². The van der Waals surface area contributed by atoms with Crippen molar-refractivity contribution in [2.45, 2.75) is 4.90 Å². The summed E-state index contributed by atoms with van der Waals surface area (Å²) in [5.74, 6) is -0.253. The molecule has 1 aliphatic rings. The molecule has 35 heavy (non-hydrogen) atoms. The van der Waals surface area contributed by atoms with Gasteiger partial charge in [-0.1, -0.05) is 12.1 Å². The fourth-order valence-electron chi connectivity index (χ4n) is 4.11. The molecule has 0 aliphatic carbocycles. The van der Waals surface area contributed by atoms with Crippen molar-refractivity contribution in [3.05, 3.63) is 66.7 Å². The Kier molecular flexibility index (Phi) is 5.87. The van der Waals surface area contributed by atoms with E-state index in [1.54, 1.807) is 42.9 Å². The number of pyridine rings is 2.